The number of halogens is 3. The molecule has 0 aliphatic carbocycles. The summed E-state index contributed by atoms with van der Waals surface area (Å²) < 4.78 is 19.9. The van der Waals surface area contributed by atoms with Crippen LogP contribution in [0.5, 0.6) is 5.75 Å². The van der Waals surface area contributed by atoms with E-state index in [0.717, 1.165) is 27.8 Å². The van der Waals surface area contributed by atoms with Crippen LogP contribution >= 0.6 is 31.9 Å². The smallest absolute Gasteiger partial charge is 0.133 e. The number of rotatable bonds is 5. The third-order valence-electron chi connectivity index (χ3n) is 3.18. The maximum absolute atomic E-state index is 13.4. The summed E-state index contributed by atoms with van der Waals surface area (Å²) >= 11 is 7.22. The summed E-state index contributed by atoms with van der Waals surface area (Å²) in [6.07, 6.45) is 0.976. The zero-order valence-corrected chi connectivity index (χ0v) is 15.2. The van der Waals surface area contributed by atoms with Crippen molar-refractivity contribution in [2.24, 2.45) is 0 Å². The normalized spacial score (nSPS) is 12.2. The van der Waals surface area contributed by atoms with Crippen LogP contribution in [0.3, 0.4) is 0 Å². The van der Waals surface area contributed by atoms with Crippen molar-refractivity contribution in [2.75, 3.05) is 6.61 Å². The Morgan fingerprint density at radius 3 is 2.43 bits per heavy atom. The molecule has 1 unspecified atom stereocenters. The lowest BCUT2D eigenvalue weighted by Gasteiger charge is -2.14. The maximum atomic E-state index is 13.4. The van der Waals surface area contributed by atoms with E-state index in [-0.39, 0.29) is 10.6 Å². The van der Waals surface area contributed by atoms with Crippen molar-refractivity contribution in [1.82, 2.24) is 0 Å². The number of aryl methyl sites for hydroxylation is 1. The highest BCUT2D eigenvalue weighted by Crippen LogP contribution is 2.35. The summed E-state index contributed by atoms with van der Waals surface area (Å²) in [5, 5.41) is 0. The van der Waals surface area contributed by atoms with Crippen LogP contribution in [0.15, 0.2) is 40.9 Å². The molecular weight excluding hydrogens is 399 g/mol. The van der Waals surface area contributed by atoms with Crippen LogP contribution in [0.2, 0.25) is 0 Å². The van der Waals surface area contributed by atoms with Crippen LogP contribution in [0.25, 0.3) is 0 Å². The highest BCUT2D eigenvalue weighted by Gasteiger charge is 2.13. The Labute approximate surface area is 141 Å². The minimum Gasteiger partial charge on any atom is -0.492 e. The molecular formula is C17H17Br2FO. The third-order valence-corrected chi connectivity index (χ3v) is 4.86. The predicted molar refractivity (Wildman–Crippen MR) is 91.8 cm³/mol. The van der Waals surface area contributed by atoms with Crippen LogP contribution in [0, 0.1) is 12.7 Å². The largest absolute Gasteiger partial charge is 0.492 e. The van der Waals surface area contributed by atoms with Crippen molar-refractivity contribution in [2.45, 2.75) is 25.1 Å². The first-order chi connectivity index (χ1) is 10.0. The molecule has 0 saturated heterocycles. The van der Waals surface area contributed by atoms with E-state index in [1.165, 1.54) is 6.07 Å². The van der Waals surface area contributed by atoms with Gasteiger partial charge in [-0.2, -0.15) is 0 Å². The SMILES string of the molecule is CCCOc1ccc(C(Br)c2ccc(F)c(C)c2)cc1Br. The molecule has 0 aliphatic heterocycles. The van der Waals surface area contributed by atoms with Crippen molar-refractivity contribution in [3.8, 4) is 5.75 Å². The summed E-state index contributed by atoms with van der Waals surface area (Å²) in [7, 11) is 0. The quantitative estimate of drug-likeness (QED) is 0.530. The summed E-state index contributed by atoms with van der Waals surface area (Å²) in [5.41, 5.74) is 2.78. The van der Waals surface area contributed by atoms with E-state index < -0.39 is 0 Å². The van der Waals surface area contributed by atoms with Gasteiger partial charge in [0, 0.05) is 0 Å². The Morgan fingerprint density at radius 2 is 1.81 bits per heavy atom. The molecule has 2 aromatic carbocycles. The van der Waals surface area contributed by atoms with E-state index in [1.807, 2.05) is 24.3 Å². The second kappa shape index (κ2) is 7.41. The summed E-state index contributed by atoms with van der Waals surface area (Å²) in [4.78, 5) is 0.0216. The molecule has 0 fully saturated rings. The molecule has 0 aromatic heterocycles. The molecule has 0 spiro atoms. The zero-order valence-electron chi connectivity index (χ0n) is 12.0. The lowest BCUT2D eigenvalue weighted by Crippen LogP contribution is -1.98. The first kappa shape index (κ1) is 16.5. The van der Waals surface area contributed by atoms with E-state index in [4.69, 9.17) is 4.74 Å². The fourth-order valence-corrected chi connectivity index (χ4v) is 3.10. The summed E-state index contributed by atoms with van der Waals surface area (Å²) in [5.74, 6) is 0.665. The molecule has 1 nitrogen and oxygen atoms in total. The van der Waals surface area contributed by atoms with Gasteiger partial charge < -0.3 is 4.74 Å². The fourth-order valence-electron chi connectivity index (χ4n) is 2.02. The highest BCUT2D eigenvalue weighted by molar-refractivity contribution is 9.10. The molecule has 0 radical (unpaired) electrons. The van der Waals surface area contributed by atoms with Gasteiger partial charge in [-0.1, -0.05) is 41.1 Å². The average Bonchev–Trinajstić information content (AvgIpc) is 2.48. The molecule has 0 N–H and O–H groups in total. The number of hydrogen-bond acceptors (Lipinski definition) is 1. The van der Waals surface area contributed by atoms with Gasteiger partial charge in [-0.3, -0.25) is 0 Å². The van der Waals surface area contributed by atoms with Gasteiger partial charge in [0.1, 0.15) is 11.6 Å². The molecule has 21 heavy (non-hydrogen) atoms. The Kier molecular flexibility index (Phi) is 5.82. The van der Waals surface area contributed by atoms with Crippen LogP contribution in [-0.2, 0) is 0 Å². The second-order valence-corrected chi connectivity index (χ2v) is 6.68. The molecule has 2 rings (SSSR count). The van der Waals surface area contributed by atoms with E-state index in [2.05, 4.69) is 38.8 Å². The molecule has 0 heterocycles. The van der Waals surface area contributed by atoms with Gasteiger partial charge in [-0.05, 0) is 64.2 Å². The van der Waals surface area contributed by atoms with Crippen LogP contribution in [0.4, 0.5) is 4.39 Å². The van der Waals surface area contributed by atoms with Gasteiger partial charge in [0.15, 0.2) is 0 Å². The van der Waals surface area contributed by atoms with Gasteiger partial charge in [0.05, 0.1) is 15.9 Å². The predicted octanol–water partition coefficient (Wildman–Crippen LogP) is 6.17. The van der Waals surface area contributed by atoms with Gasteiger partial charge in [-0.15, -0.1) is 0 Å². The number of hydrogen-bond donors (Lipinski definition) is 0. The van der Waals surface area contributed by atoms with Gasteiger partial charge in [0.25, 0.3) is 0 Å². The third kappa shape index (κ3) is 4.07. The maximum Gasteiger partial charge on any atom is 0.133 e. The molecule has 0 amide bonds. The minimum atomic E-state index is -0.178. The Balaban J connectivity index is 2.24. The second-order valence-electron chi connectivity index (χ2n) is 4.91. The van der Waals surface area contributed by atoms with Gasteiger partial charge >= 0.3 is 0 Å². The Bertz CT molecular complexity index is 628. The lowest BCUT2D eigenvalue weighted by atomic mass is 10.0. The highest BCUT2D eigenvalue weighted by atomic mass is 79.9. The number of benzene rings is 2. The molecule has 0 saturated carbocycles. The Morgan fingerprint density at radius 1 is 1.14 bits per heavy atom. The number of ether oxygens (including phenoxy) is 1. The Hall–Kier alpha value is -0.870. The number of alkyl halides is 1. The average molecular weight is 416 g/mol. The van der Waals surface area contributed by atoms with E-state index >= 15 is 0 Å². The standard InChI is InChI=1S/C17H17Br2FO/c1-3-8-21-16-7-5-13(10-14(16)18)17(19)12-4-6-15(20)11(2)9-12/h4-7,9-10,17H,3,8H2,1-2H3. The van der Waals surface area contributed by atoms with Crippen molar-refractivity contribution >= 4 is 31.9 Å². The van der Waals surface area contributed by atoms with Crippen molar-refractivity contribution < 1.29 is 9.13 Å². The van der Waals surface area contributed by atoms with Crippen molar-refractivity contribution in [1.29, 1.82) is 0 Å². The van der Waals surface area contributed by atoms with Crippen LogP contribution in [-0.4, -0.2) is 6.61 Å². The van der Waals surface area contributed by atoms with E-state index in [0.29, 0.717) is 12.2 Å². The monoisotopic (exact) mass is 414 g/mol. The van der Waals surface area contributed by atoms with Crippen molar-refractivity contribution in [3.63, 3.8) is 0 Å². The topological polar surface area (TPSA) is 9.23 Å². The molecule has 1 atom stereocenters. The zero-order chi connectivity index (χ0) is 15.4. The first-order valence-corrected chi connectivity index (χ1v) is 8.56. The van der Waals surface area contributed by atoms with Gasteiger partial charge in [0.2, 0.25) is 0 Å². The molecule has 0 aliphatic rings. The van der Waals surface area contributed by atoms with E-state index in [9.17, 15) is 4.39 Å². The van der Waals surface area contributed by atoms with Gasteiger partial charge in [-0.25, -0.2) is 4.39 Å². The minimum absolute atomic E-state index is 0.0216. The van der Waals surface area contributed by atoms with E-state index in [1.54, 1.807) is 13.0 Å². The van der Waals surface area contributed by atoms with Crippen LogP contribution in [0.1, 0.15) is 34.9 Å². The molecule has 2 aromatic rings. The molecule has 4 heteroatoms. The molecule has 0 bridgehead atoms. The summed E-state index contributed by atoms with van der Waals surface area (Å²) in [6, 6.07) is 11.2. The summed E-state index contributed by atoms with van der Waals surface area (Å²) in [6.45, 7) is 4.55. The first-order valence-electron chi connectivity index (χ1n) is 6.85. The lowest BCUT2D eigenvalue weighted by molar-refractivity contribution is 0.315. The fraction of sp³-hybridized carbons (Fsp3) is 0.294. The van der Waals surface area contributed by atoms with Crippen molar-refractivity contribution in [3.05, 3.63) is 63.4 Å². The van der Waals surface area contributed by atoms with Crippen LogP contribution < -0.4 is 4.74 Å². The molecule has 112 valence electrons.